The third-order valence-electron chi connectivity index (χ3n) is 7.53. The lowest BCUT2D eigenvalue weighted by Gasteiger charge is -2.40. The van der Waals surface area contributed by atoms with Crippen molar-refractivity contribution >= 4 is 28.9 Å². The summed E-state index contributed by atoms with van der Waals surface area (Å²) in [4.78, 5) is 24.3. The smallest absolute Gasteiger partial charge is 0.337 e. The van der Waals surface area contributed by atoms with Crippen LogP contribution in [0.1, 0.15) is 64.8 Å². The van der Waals surface area contributed by atoms with Crippen LogP contribution < -0.4 is 19.7 Å². The molecule has 1 fully saturated rings. The molecule has 232 valence electrons. The van der Waals surface area contributed by atoms with E-state index in [9.17, 15) is 9.90 Å². The van der Waals surface area contributed by atoms with Crippen LogP contribution in [0.2, 0.25) is 5.02 Å². The molecule has 3 aromatic rings. The first-order valence-corrected chi connectivity index (χ1v) is 15.0. The Labute approximate surface area is 259 Å². The number of methoxy groups -OCH3 is 1. The maximum atomic E-state index is 12.6. The Kier molecular flexibility index (Phi) is 10.1. The van der Waals surface area contributed by atoms with Gasteiger partial charge in [0.15, 0.2) is 17.6 Å². The van der Waals surface area contributed by atoms with Crippen LogP contribution in [-0.4, -0.2) is 60.0 Å². The molecule has 1 atom stereocenters. The lowest BCUT2D eigenvalue weighted by Crippen LogP contribution is -2.39. The number of hydrogen-bond donors (Lipinski definition) is 2. The molecule has 2 aromatic heterocycles. The number of aryl methyl sites for hydroxylation is 1. The summed E-state index contributed by atoms with van der Waals surface area (Å²) in [5.74, 6) is 0.158. The van der Waals surface area contributed by atoms with Gasteiger partial charge in [0, 0.05) is 53.7 Å². The van der Waals surface area contributed by atoms with Gasteiger partial charge < -0.3 is 29.5 Å². The molecule has 43 heavy (non-hydrogen) atoms. The van der Waals surface area contributed by atoms with E-state index in [-0.39, 0.29) is 5.41 Å². The molecule has 4 rings (SSSR count). The summed E-state index contributed by atoms with van der Waals surface area (Å²) in [5, 5.41) is 14.2. The second kappa shape index (κ2) is 13.4. The van der Waals surface area contributed by atoms with Crippen LogP contribution in [0.4, 0.5) is 11.4 Å². The molecule has 1 saturated heterocycles. The van der Waals surface area contributed by atoms with Gasteiger partial charge in [0.2, 0.25) is 0 Å². The van der Waals surface area contributed by atoms with Gasteiger partial charge in [-0.25, -0.2) is 4.79 Å². The first kappa shape index (κ1) is 32.4. The first-order chi connectivity index (χ1) is 20.3. The predicted octanol–water partition coefficient (Wildman–Crippen LogP) is 7.17. The molecule has 0 bridgehead atoms. The molecule has 1 aromatic carbocycles. The Balaban J connectivity index is 1.60. The number of piperidine rings is 1. The van der Waals surface area contributed by atoms with Crippen LogP contribution in [0, 0.1) is 12.3 Å². The number of ether oxygens (including phenoxy) is 3. The summed E-state index contributed by atoms with van der Waals surface area (Å²) in [6, 6.07) is 9.14. The number of pyridine rings is 2. The number of carbonyl (C=O) groups is 1. The van der Waals surface area contributed by atoms with Gasteiger partial charge in [-0.1, -0.05) is 25.4 Å². The maximum Gasteiger partial charge on any atom is 0.337 e. The number of benzene rings is 1. The molecule has 3 heterocycles. The summed E-state index contributed by atoms with van der Waals surface area (Å²) < 4.78 is 17.3. The number of halogens is 1. The number of nitrogens with zero attached hydrogens (tertiary/aromatic N) is 3. The second-order valence-corrected chi connectivity index (χ2v) is 13.1. The van der Waals surface area contributed by atoms with E-state index in [1.54, 1.807) is 37.7 Å². The van der Waals surface area contributed by atoms with Gasteiger partial charge in [-0.3, -0.25) is 9.97 Å². The third-order valence-corrected chi connectivity index (χ3v) is 7.77. The molecular formula is C33H43ClN4O5. The van der Waals surface area contributed by atoms with Crippen LogP contribution in [0.3, 0.4) is 0 Å². The van der Waals surface area contributed by atoms with Crippen molar-refractivity contribution < 1.29 is 24.1 Å². The van der Waals surface area contributed by atoms with E-state index in [1.165, 1.54) is 0 Å². The molecule has 2 N–H and O–H groups in total. The lowest BCUT2D eigenvalue weighted by atomic mass is 9.82. The SMILES string of the molecule is COc1cc(Cl)ccc1OCCNc1ccc(-c2cnc(C)c([C@H](OC(C)(C)C)C(=O)O)c2N2CCC(C)(C)CC2)nc1. The van der Waals surface area contributed by atoms with Gasteiger partial charge >= 0.3 is 5.97 Å². The van der Waals surface area contributed by atoms with Crippen LogP contribution in [0.25, 0.3) is 11.3 Å². The summed E-state index contributed by atoms with van der Waals surface area (Å²) in [5.41, 5.74) is 3.93. The highest BCUT2D eigenvalue weighted by Crippen LogP contribution is 2.43. The highest BCUT2D eigenvalue weighted by molar-refractivity contribution is 6.30. The van der Waals surface area contributed by atoms with Crippen molar-refractivity contribution in [2.45, 2.75) is 66.1 Å². The van der Waals surface area contributed by atoms with Crippen molar-refractivity contribution in [3.63, 3.8) is 0 Å². The Morgan fingerprint density at radius 1 is 1.12 bits per heavy atom. The summed E-state index contributed by atoms with van der Waals surface area (Å²) in [7, 11) is 1.58. The molecule has 0 unspecified atom stereocenters. The number of rotatable bonds is 11. The number of carboxylic acid groups (broad SMARTS) is 1. The standard InChI is InChI=1S/C33H43ClN4O5/c1-21-28(30(31(39)40)43-32(2,3)4)29(38-15-12-33(5,6)13-16-38)24(20-36-21)25-10-9-23(19-37-25)35-14-17-42-26-11-8-22(34)18-27(26)41-7/h8-11,18-20,30,35H,12-17H2,1-7H3,(H,39,40)/t30-/m0/s1. The number of aromatic nitrogens is 2. The fraction of sp³-hybridized carbons (Fsp3) is 0.485. The van der Waals surface area contributed by atoms with Crippen molar-refractivity contribution in [3.05, 3.63) is 59.0 Å². The molecule has 1 aliphatic heterocycles. The number of aliphatic carboxylic acids is 1. The molecule has 0 saturated carbocycles. The van der Waals surface area contributed by atoms with E-state index in [4.69, 9.17) is 30.8 Å². The average molecular weight is 611 g/mol. The van der Waals surface area contributed by atoms with Gasteiger partial charge in [-0.2, -0.15) is 0 Å². The minimum atomic E-state index is -1.17. The van der Waals surface area contributed by atoms with E-state index in [0.29, 0.717) is 46.6 Å². The lowest BCUT2D eigenvalue weighted by molar-refractivity contribution is -0.160. The zero-order valence-electron chi connectivity index (χ0n) is 26.2. The Morgan fingerprint density at radius 3 is 2.44 bits per heavy atom. The molecule has 0 radical (unpaired) electrons. The number of anilines is 2. The zero-order valence-corrected chi connectivity index (χ0v) is 26.9. The van der Waals surface area contributed by atoms with Gasteiger partial charge in [0.1, 0.15) is 6.61 Å². The van der Waals surface area contributed by atoms with Gasteiger partial charge in [-0.05, 0) is 70.2 Å². The second-order valence-electron chi connectivity index (χ2n) is 12.6. The zero-order chi connectivity index (χ0) is 31.4. The largest absolute Gasteiger partial charge is 0.493 e. The normalized spacial score (nSPS) is 15.6. The van der Waals surface area contributed by atoms with Gasteiger partial charge in [0.25, 0.3) is 0 Å². The third kappa shape index (κ3) is 8.30. The highest BCUT2D eigenvalue weighted by atomic mass is 35.5. The van der Waals surface area contributed by atoms with E-state index in [2.05, 4.69) is 29.0 Å². The minimum absolute atomic E-state index is 0.223. The number of carboxylic acids is 1. The fourth-order valence-corrected chi connectivity index (χ4v) is 5.31. The molecule has 0 amide bonds. The van der Waals surface area contributed by atoms with Crippen molar-refractivity contribution in [1.29, 1.82) is 0 Å². The highest BCUT2D eigenvalue weighted by Gasteiger charge is 2.36. The molecule has 0 spiro atoms. The monoisotopic (exact) mass is 610 g/mol. The van der Waals surface area contributed by atoms with Crippen LogP contribution in [0.5, 0.6) is 11.5 Å². The molecule has 10 heteroatoms. The Hall–Kier alpha value is -3.56. The van der Waals surface area contributed by atoms with Crippen LogP contribution in [0.15, 0.2) is 42.7 Å². The summed E-state index contributed by atoms with van der Waals surface area (Å²) in [6.07, 6.45) is 4.38. The topological polar surface area (TPSA) is 106 Å². The fourth-order valence-electron chi connectivity index (χ4n) is 5.15. The first-order valence-electron chi connectivity index (χ1n) is 14.6. The van der Waals surface area contributed by atoms with E-state index in [0.717, 1.165) is 42.9 Å². The average Bonchev–Trinajstić information content (AvgIpc) is 2.94. The number of nitrogens with one attached hydrogen (secondary N) is 1. The molecule has 0 aliphatic carbocycles. The van der Waals surface area contributed by atoms with Gasteiger partial charge in [0.05, 0.1) is 36.0 Å². The summed E-state index contributed by atoms with van der Waals surface area (Å²) >= 11 is 6.04. The number of hydrogen-bond acceptors (Lipinski definition) is 8. The van der Waals surface area contributed by atoms with E-state index in [1.807, 2.05) is 39.8 Å². The maximum absolute atomic E-state index is 12.6. The van der Waals surface area contributed by atoms with Crippen molar-refractivity contribution in [2.75, 3.05) is 43.6 Å². The van der Waals surface area contributed by atoms with Crippen molar-refractivity contribution in [1.82, 2.24) is 9.97 Å². The van der Waals surface area contributed by atoms with E-state index < -0.39 is 17.7 Å². The molecule has 9 nitrogen and oxygen atoms in total. The predicted molar refractivity (Wildman–Crippen MR) is 171 cm³/mol. The Bertz CT molecular complexity index is 1410. The Morgan fingerprint density at radius 2 is 1.84 bits per heavy atom. The summed E-state index contributed by atoms with van der Waals surface area (Å²) in [6.45, 7) is 14.5. The quantitative estimate of drug-likeness (QED) is 0.218. The molecular weight excluding hydrogens is 568 g/mol. The minimum Gasteiger partial charge on any atom is -0.493 e. The van der Waals surface area contributed by atoms with Gasteiger partial charge in [-0.15, -0.1) is 0 Å². The van der Waals surface area contributed by atoms with Crippen molar-refractivity contribution in [3.8, 4) is 22.8 Å². The van der Waals surface area contributed by atoms with Crippen molar-refractivity contribution in [2.24, 2.45) is 5.41 Å². The van der Waals surface area contributed by atoms with Crippen LogP contribution >= 0.6 is 11.6 Å². The van der Waals surface area contributed by atoms with E-state index >= 15 is 0 Å². The van der Waals surface area contributed by atoms with Crippen LogP contribution in [-0.2, 0) is 9.53 Å². The molecule has 1 aliphatic rings.